The van der Waals surface area contributed by atoms with Crippen molar-refractivity contribution in [2.75, 3.05) is 18.8 Å². The molecule has 1 saturated heterocycles. The second-order valence-electron chi connectivity index (χ2n) is 5.39. The summed E-state index contributed by atoms with van der Waals surface area (Å²) < 4.78 is 54.9. The Hall–Kier alpha value is -0.640. The number of thioether (sulfide) groups is 1. The first kappa shape index (κ1) is 18.7. The van der Waals surface area contributed by atoms with Gasteiger partial charge in [0.25, 0.3) is 5.76 Å². The molecule has 1 fully saturated rings. The molecule has 0 aromatic carbocycles. The predicted molar refractivity (Wildman–Crippen MR) is 86.9 cm³/mol. The number of nitrogens with one attached hydrogen (secondary N) is 1. The smallest absolute Gasteiger partial charge is 0.284 e. The van der Waals surface area contributed by atoms with E-state index >= 15 is 0 Å². The van der Waals surface area contributed by atoms with Gasteiger partial charge >= 0.3 is 0 Å². The Morgan fingerprint density at radius 1 is 1.35 bits per heavy atom. The van der Waals surface area contributed by atoms with Gasteiger partial charge in [-0.15, -0.1) is 0 Å². The first-order chi connectivity index (χ1) is 10.9. The molecule has 2 rings (SSSR count). The van der Waals surface area contributed by atoms with Crippen molar-refractivity contribution in [2.24, 2.45) is 0 Å². The SMILES string of the molecule is CCS(=O)(=O)N1CCC(NCc2ccc(CSC(F)F)o2)CC1. The summed E-state index contributed by atoms with van der Waals surface area (Å²) in [5, 5.41) is 3.34. The number of furan rings is 1. The van der Waals surface area contributed by atoms with Crippen LogP contribution in [-0.4, -0.2) is 43.4 Å². The minimum absolute atomic E-state index is 0.136. The minimum atomic E-state index is -3.10. The lowest BCUT2D eigenvalue weighted by Gasteiger charge is -2.31. The van der Waals surface area contributed by atoms with Crippen molar-refractivity contribution in [3.05, 3.63) is 23.7 Å². The van der Waals surface area contributed by atoms with Crippen LogP contribution in [0.5, 0.6) is 0 Å². The zero-order valence-electron chi connectivity index (χ0n) is 13.0. The Labute approximate surface area is 139 Å². The third-order valence-corrected chi connectivity index (χ3v) is 6.43. The van der Waals surface area contributed by atoms with Crippen molar-refractivity contribution in [3.8, 4) is 0 Å². The molecule has 0 amide bonds. The molecule has 5 nitrogen and oxygen atoms in total. The fourth-order valence-electron chi connectivity index (χ4n) is 2.51. The normalized spacial score (nSPS) is 17.9. The van der Waals surface area contributed by atoms with E-state index in [9.17, 15) is 17.2 Å². The summed E-state index contributed by atoms with van der Waals surface area (Å²) in [7, 11) is -3.10. The van der Waals surface area contributed by atoms with Crippen LogP contribution in [0, 0.1) is 0 Å². The van der Waals surface area contributed by atoms with Crippen LogP contribution in [-0.2, 0) is 22.3 Å². The summed E-state index contributed by atoms with van der Waals surface area (Å²) in [5.74, 6) is -0.859. The number of piperidine rings is 1. The van der Waals surface area contributed by atoms with Crippen LogP contribution in [0.4, 0.5) is 8.78 Å². The summed E-state index contributed by atoms with van der Waals surface area (Å²) in [6.07, 6.45) is 1.52. The third kappa shape index (κ3) is 5.74. The van der Waals surface area contributed by atoms with Crippen LogP contribution in [0.1, 0.15) is 31.3 Å². The Morgan fingerprint density at radius 3 is 2.61 bits per heavy atom. The monoisotopic (exact) mass is 368 g/mol. The maximum absolute atomic E-state index is 12.1. The topological polar surface area (TPSA) is 62.6 Å². The first-order valence-electron chi connectivity index (χ1n) is 7.59. The van der Waals surface area contributed by atoms with E-state index in [0.717, 1.165) is 12.8 Å². The Kier molecular flexibility index (Phi) is 6.87. The van der Waals surface area contributed by atoms with E-state index in [0.29, 0.717) is 42.9 Å². The zero-order chi connectivity index (χ0) is 16.9. The molecule has 1 aromatic rings. The van der Waals surface area contributed by atoms with Gasteiger partial charge in [-0.25, -0.2) is 12.7 Å². The van der Waals surface area contributed by atoms with Gasteiger partial charge in [-0.05, 0) is 31.9 Å². The summed E-state index contributed by atoms with van der Waals surface area (Å²) in [6.45, 7) is 3.23. The second-order valence-corrected chi connectivity index (χ2v) is 8.63. The van der Waals surface area contributed by atoms with Gasteiger partial charge in [0.15, 0.2) is 0 Å². The molecule has 0 spiro atoms. The number of alkyl halides is 2. The van der Waals surface area contributed by atoms with Crippen LogP contribution in [0.25, 0.3) is 0 Å². The first-order valence-corrected chi connectivity index (χ1v) is 10.2. The molecule has 0 unspecified atom stereocenters. The lowest BCUT2D eigenvalue weighted by Crippen LogP contribution is -2.45. The van der Waals surface area contributed by atoms with Gasteiger partial charge in [0, 0.05) is 19.1 Å². The van der Waals surface area contributed by atoms with Crippen molar-refractivity contribution < 1.29 is 21.6 Å². The van der Waals surface area contributed by atoms with Crippen LogP contribution in [0.3, 0.4) is 0 Å². The fraction of sp³-hybridized carbons (Fsp3) is 0.714. The molecular formula is C14H22F2N2O3S2. The van der Waals surface area contributed by atoms with Gasteiger partial charge in [0.2, 0.25) is 10.0 Å². The van der Waals surface area contributed by atoms with Gasteiger partial charge in [0.1, 0.15) is 11.5 Å². The Bertz CT molecular complexity index is 585. The fourth-order valence-corrected chi connectivity index (χ4v) is 4.08. The quantitative estimate of drug-likeness (QED) is 0.764. The summed E-state index contributed by atoms with van der Waals surface area (Å²) in [6, 6.07) is 3.73. The van der Waals surface area contributed by atoms with Gasteiger partial charge in [-0.3, -0.25) is 0 Å². The molecule has 132 valence electrons. The second kappa shape index (κ2) is 8.46. The Balaban J connectivity index is 1.73. The number of hydrogen-bond acceptors (Lipinski definition) is 5. The highest BCUT2D eigenvalue weighted by molar-refractivity contribution is 7.98. The molecule has 0 aliphatic carbocycles. The van der Waals surface area contributed by atoms with Crippen LogP contribution >= 0.6 is 11.8 Å². The molecule has 9 heteroatoms. The minimum Gasteiger partial charge on any atom is -0.464 e. The Morgan fingerprint density at radius 2 is 2.00 bits per heavy atom. The van der Waals surface area contributed by atoms with E-state index in [2.05, 4.69) is 5.32 Å². The van der Waals surface area contributed by atoms with Gasteiger partial charge < -0.3 is 9.73 Å². The molecule has 0 bridgehead atoms. The van der Waals surface area contributed by atoms with Gasteiger partial charge in [0.05, 0.1) is 18.1 Å². The lowest BCUT2D eigenvalue weighted by atomic mass is 10.1. The molecule has 23 heavy (non-hydrogen) atoms. The van der Waals surface area contributed by atoms with E-state index in [-0.39, 0.29) is 17.5 Å². The average Bonchev–Trinajstić information content (AvgIpc) is 2.99. The molecule has 1 aliphatic heterocycles. The van der Waals surface area contributed by atoms with Crippen LogP contribution < -0.4 is 5.32 Å². The van der Waals surface area contributed by atoms with Crippen LogP contribution in [0.15, 0.2) is 16.5 Å². The average molecular weight is 368 g/mol. The molecule has 0 radical (unpaired) electrons. The van der Waals surface area contributed by atoms with E-state index in [4.69, 9.17) is 4.42 Å². The molecule has 0 atom stereocenters. The molecule has 2 heterocycles. The van der Waals surface area contributed by atoms with Gasteiger partial charge in [-0.2, -0.15) is 8.78 Å². The van der Waals surface area contributed by atoms with Crippen molar-refractivity contribution in [1.82, 2.24) is 9.62 Å². The highest BCUT2D eigenvalue weighted by atomic mass is 32.2. The third-order valence-electron chi connectivity index (χ3n) is 3.85. The maximum atomic E-state index is 12.1. The molecular weight excluding hydrogens is 346 g/mol. The summed E-state index contributed by atoms with van der Waals surface area (Å²) >= 11 is 0.539. The van der Waals surface area contributed by atoms with E-state index in [1.165, 1.54) is 4.31 Å². The van der Waals surface area contributed by atoms with E-state index < -0.39 is 15.8 Å². The molecule has 0 saturated carbocycles. The lowest BCUT2D eigenvalue weighted by molar-refractivity contribution is 0.251. The van der Waals surface area contributed by atoms with Crippen molar-refractivity contribution in [1.29, 1.82) is 0 Å². The van der Waals surface area contributed by atoms with E-state index in [1.54, 1.807) is 19.1 Å². The largest absolute Gasteiger partial charge is 0.464 e. The highest BCUT2D eigenvalue weighted by Crippen LogP contribution is 2.21. The molecule has 1 N–H and O–H groups in total. The van der Waals surface area contributed by atoms with Crippen LogP contribution in [0.2, 0.25) is 0 Å². The van der Waals surface area contributed by atoms with Crippen molar-refractivity contribution in [2.45, 2.75) is 43.9 Å². The number of nitrogens with zero attached hydrogens (tertiary/aromatic N) is 1. The van der Waals surface area contributed by atoms with Gasteiger partial charge in [-0.1, -0.05) is 11.8 Å². The molecule has 1 aromatic heterocycles. The number of halogens is 2. The summed E-state index contributed by atoms with van der Waals surface area (Å²) in [4.78, 5) is 0. The predicted octanol–water partition coefficient (Wildman–Crippen LogP) is 2.64. The zero-order valence-corrected chi connectivity index (χ0v) is 14.6. The standard InChI is InChI=1S/C14H22F2N2O3S2/c1-2-23(19,20)18-7-5-11(6-8-18)17-9-12-3-4-13(21-12)10-22-14(15)16/h3-4,11,14,17H,2,5-10H2,1H3. The van der Waals surface area contributed by atoms with Crippen molar-refractivity contribution >= 4 is 21.8 Å². The van der Waals surface area contributed by atoms with Crippen molar-refractivity contribution in [3.63, 3.8) is 0 Å². The van der Waals surface area contributed by atoms with E-state index in [1.807, 2.05) is 0 Å². The number of hydrogen-bond donors (Lipinski definition) is 1. The summed E-state index contributed by atoms with van der Waals surface area (Å²) in [5.41, 5.74) is 0. The molecule has 1 aliphatic rings. The maximum Gasteiger partial charge on any atom is 0.284 e. The number of sulfonamides is 1. The number of rotatable bonds is 8. The highest BCUT2D eigenvalue weighted by Gasteiger charge is 2.26.